The lowest BCUT2D eigenvalue weighted by atomic mass is 10.1. The van der Waals surface area contributed by atoms with Crippen LogP contribution in [0.3, 0.4) is 0 Å². The molecule has 29 heavy (non-hydrogen) atoms. The van der Waals surface area contributed by atoms with Crippen LogP contribution in [0.5, 0.6) is 0 Å². The molecule has 0 saturated carbocycles. The number of carbonyl (C=O) groups is 1. The Morgan fingerprint density at radius 1 is 1.10 bits per heavy atom. The van der Waals surface area contributed by atoms with Crippen LogP contribution in [0.1, 0.15) is 5.56 Å². The topological polar surface area (TPSA) is 105 Å². The van der Waals surface area contributed by atoms with Crippen LogP contribution in [-0.2, 0) is 14.8 Å². The molecule has 2 aromatic carbocycles. The minimum Gasteiger partial charge on any atom is -0.411 e. The van der Waals surface area contributed by atoms with Crippen molar-refractivity contribution in [3.63, 3.8) is 0 Å². The SMILES string of the molecule is Cc1ccccc1-c1nnc(SCC(=O)Nc2ccc(S(=O)(=O)N(C)C)cc2)o1. The number of aryl methyl sites for hydroxylation is 1. The van der Waals surface area contributed by atoms with E-state index >= 15 is 0 Å². The van der Waals surface area contributed by atoms with E-state index in [0.29, 0.717) is 16.8 Å². The van der Waals surface area contributed by atoms with Gasteiger partial charge in [0.05, 0.1) is 10.6 Å². The minimum absolute atomic E-state index is 0.0765. The van der Waals surface area contributed by atoms with Gasteiger partial charge in [-0.3, -0.25) is 4.79 Å². The van der Waals surface area contributed by atoms with Crippen molar-refractivity contribution >= 4 is 33.4 Å². The summed E-state index contributed by atoms with van der Waals surface area (Å²) in [6, 6.07) is 13.7. The number of amides is 1. The Hall–Kier alpha value is -2.69. The molecule has 0 spiro atoms. The second-order valence-corrected chi connectivity index (χ2v) is 9.42. The number of nitrogens with zero attached hydrogens (tertiary/aromatic N) is 3. The summed E-state index contributed by atoms with van der Waals surface area (Å²) in [6.45, 7) is 1.95. The summed E-state index contributed by atoms with van der Waals surface area (Å²) in [7, 11) is -0.578. The van der Waals surface area contributed by atoms with Gasteiger partial charge in [0.2, 0.25) is 21.8 Å². The molecule has 3 aromatic rings. The monoisotopic (exact) mass is 432 g/mol. The third kappa shape index (κ3) is 5.03. The molecule has 1 N–H and O–H groups in total. The second-order valence-electron chi connectivity index (χ2n) is 6.34. The van der Waals surface area contributed by atoms with Crippen LogP contribution in [0, 0.1) is 6.92 Å². The fraction of sp³-hybridized carbons (Fsp3) is 0.211. The van der Waals surface area contributed by atoms with E-state index in [1.54, 1.807) is 12.1 Å². The Morgan fingerprint density at radius 2 is 1.79 bits per heavy atom. The van der Waals surface area contributed by atoms with E-state index in [2.05, 4.69) is 15.5 Å². The van der Waals surface area contributed by atoms with Crippen molar-refractivity contribution in [1.29, 1.82) is 0 Å². The summed E-state index contributed by atoms with van der Waals surface area (Å²) >= 11 is 1.13. The van der Waals surface area contributed by atoms with Crippen LogP contribution in [0.4, 0.5) is 5.69 Å². The van der Waals surface area contributed by atoms with Crippen molar-refractivity contribution in [3.05, 3.63) is 54.1 Å². The molecule has 10 heteroatoms. The van der Waals surface area contributed by atoms with E-state index in [0.717, 1.165) is 27.2 Å². The van der Waals surface area contributed by atoms with Gasteiger partial charge in [-0.15, -0.1) is 10.2 Å². The molecule has 1 amide bonds. The third-order valence-corrected chi connectivity index (χ3v) is 6.67. The molecular weight excluding hydrogens is 412 g/mol. The second kappa shape index (κ2) is 8.76. The highest BCUT2D eigenvalue weighted by Gasteiger charge is 2.17. The van der Waals surface area contributed by atoms with Gasteiger partial charge in [-0.2, -0.15) is 0 Å². The fourth-order valence-electron chi connectivity index (χ4n) is 2.44. The zero-order chi connectivity index (χ0) is 21.0. The molecule has 0 atom stereocenters. The molecule has 0 saturated heterocycles. The van der Waals surface area contributed by atoms with Gasteiger partial charge in [-0.25, -0.2) is 12.7 Å². The molecule has 8 nitrogen and oxygen atoms in total. The summed E-state index contributed by atoms with van der Waals surface area (Å²) in [5.74, 6) is 0.213. The van der Waals surface area contributed by atoms with Crippen LogP contribution in [0.25, 0.3) is 11.5 Å². The molecule has 0 aliphatic heterocycles. The van der Waals surface area contributed by atoms with Gasteiger partial charge in [-0.05, 0) is 42.8 Å². The van der Waals surface area contributed by atoms with Crippen molar-refractivity contribution < 1.29 is 17.6 Å². The zero-order valence-corrected chi connectivity index (χ0v) is 17.8. The predicted octanol–water partition coefficient (Wildman–Crippen LogP) is 3.03. The van der Waals surface area contributed by atoms with Crippen molar-refractivity contribution in [1.82, 2.24) is 14.5 Å². The number of hydrogen-bond acceptors (Lipinski definition) is 7. The molecular formula is C19H20N4O4S2. The summed E-state index contributed by atoms with van der Waals surface area (Å²) < 4.78 is 30.9. The van der Waals surface area contributed by atoms with Gasteiger partial charge >= 0.3 is 0 Å². The van der Waals surface area contributed by atoms with E-state index in [9.17, 15) is 13.2 Å². The highest BCUT2D eigenvalue weighted by Crippen LogP contribution is 2.25. The molecule has 3 rings (SSSR count). The number of sulfonamides is 1. The number of aromatic nitrogens is 2. The third-order valence-electron chi connectivity index (χ3n) is 4.03. The molecule has 0 unspecified atom stereocenters. The number of rotatable bonds is 7. The van der Waals surface area contributed by atoms with Crippen molar-refractivity contribution in [2.45, 2.75) is 17.0 Å². The highest BCUT2D eigenvalue weighted by atomic mass is 32.2. The normalized spacial score (nSPS) is 11.6. The summed E-state index contributed by atoms with van der Waals surface area (Å²) in [6.07, 6.45) is 0. The Balaban J connectivity index is 1.58. The summed E-state index contributed by atoms with van der Waals surface area (Å²) in [5.41, 5.74) is 2.37. The average Bonchev–Trinajstić information content (AvgIpc) is 3.16. The number of nitrogens with one attached hydrogen (secondary N) is 1. The zero-order valence-electron chi connectivity index (χ0n) is 16.1. The number of carbonyl (C=O) groups excluding carboxylic acids is 1. The van der Waals surface area contributed by atoms with Crippen molar-refractivity contribution in [2.75, 3.05) is 25.2 Å². The van der Waals surface area contributed by atoms with Crippen LogP contribution < -0.4 is 5.32 Å². The van der Waals surface area contributed by atoms with Gasteiger partial charge in [0.25, 0.3) is 5.22 Å². The summed E-state index contributed by atoms with van der Waals surface area (Å²) in [5, 5.41) is 11.0. The highest BCUT2D eigenvalue weighted by molar-refractivity contribution is 7.99. The fourth-order valence-corrected chi connectivity index (χ4v) is 3.90. The molecule has 1 heterocycles. The first kappa shape index (κ1) is 21.0. The van der Waals surface area contributed by atoms with Gasteiger partial charge in [0.1, 0.15) is 0 Å². The first-order valence-electron chi connectivity index (χ1n) is 8.62. The van der Waals surface area contributed by atoms with Crippen LogP contribution in [-0.4, -0.2) is 48.7 Å². The molecule has 0 bridgehead atoms. The predicted molar refractivity (Wildman–Crippen MR) is 111 cm³/mol. The maximum Gasteiger partial charge on any atom is 0.277 e. The smallest absolute Gasteiger partial charge is 0.277 e. The first-order chi connectivity index (χ1) is 13.8. The Labute approximate surface area is 173 Å². The molecule has 152 valence electrons. The Bertz CT molecular complexity index is 1110. The Kier molecular flexibility index (Phi) is 6.36. The van der Waals surface area contributed by atoms with Gasteiger partial charge in [0.15, 0.2) is 0 Å². The van der Waals surface area contributed by atoms with Gasteiger partial charge in [0, 0.05) is 25.3 Å². The van der Waals surface area contributed by atoms with Crippen molar-refractivity contribution in [2.24, 2.45) is 0 Å². The maximum atomic E-state index is 12.2. The van der Waals surface area contributed by atoms with E-state index in [1.807, 2.05) is 31.2 Å². The molecule has 0 radical (unpaired) electrons. The minimum atomic E-state index is -3.50. The van der Waals surface area contributed by atoms with Gasteiger partial charge < -0.3 is 9.73 Å². The molecule has 0 aliphatic rings. The molecule has 0 fully saturated rings. The quantitative estimate of drug-likeness (QED) is 0.572. The molecule has 1 aromatic heterocycles. The lowest BCUT2D eigenvalue weighted by molar-refractivity contribution is -0.113. The van der Waals surface area contributed by atoms with Crippen LogP contribution in [0.2, 0.25) is 0 Å². The van der Waals surface area contributed by atoms with E-state index < -0.39 is 10.0 Å². The number of hydrogen-bond donors (Lipinski definition) is 1. The van der Waals surface area contributed by atoms with Crippen LogP contribution >= 0.6 is 11.8 Å². The lowest BCUT2D eigenvalue weighted by Gasteiger charge is -2.11. The van der Waals surface area contributed by atoms with E-state index in [4.69, 9.17) is 4.42 Å². The number of anilines is 1. The Morgan fingerprint density at radius 3 is 2.45 bits per heavy atom. The largest absolute Gasteiger partial charge is 0.411 e. The standard InChI is InChI=1S/C19H20N4O4S2/c1-13-6-4-5-7-16(13)18-21-22-19(27-18)28-12-17(24)20-14-8-10-15(11-9-14)29(25,26)23(2)3/h4-11H,12H2,1-3H3,(H,20,24). The van der Waals surface area contributed by atoms with Gasteiger partial charge in [-0.1, -0.05) is 30.0 Å². The number of thioether (sulfide) groups is 1. The van der Waals surface area contributed by atoms with Crippen molar-refractivity contribution in [3.8, 4) is 11.5 Å². The first-order valence-corrected chi connectivity index (χ1v) is 11.0. The van der Waals surface area contributed by atoms with E-state index in [1.165, 1.54) is 26.2 Å². The maximum absolute atomic E-state index is 12.2. The lowest BCUT2D eigenvalue weighted by Crippen LogP contribution is -2.22. The average molecular weight is 433 g/mol. The summed E-state index contributed by atoms with van der Waals surface area (Å²) in [4.78, 5) is 12.3. The van der Waals surface area contributed by atoms with Crippen LogP contribution in [0.15, 0.2) is 63.1 Å². The number of benzene rings is 2. The molecule has 0 aliphatic carbocycles. The van der Waals surface area contributed by atoms with E-state index in [-0.39, 0.29) is 16.6 Å².